The fourth-order valence-corrected chi connectivity index (χ4v) is 4.62. The van der Waals surface area contributed by atoms with Gasteiger partial charge in [-0.05, 0) is 55.8 Å². The van der Waals surface area contributed by atoms with Gasteiger partial charge in [-0.2, -0.15) is 10.5 Å². The van der Waals surface area contributed by atoms with Crippen molar-refractivity contribution in [2.45, 2.75) is 18.9 Å². The predicted octanol–water partition coefficient (Wildman–Crippen LogP) is 5.46. The summed E-state index contributed by atoms with van der Waals surface area (Å²) in [5, 5.41) is 20.0. The van der Waals surface area contributed by atoms with Crippen molar-refractivity contribution in [2.24, 2.45) is 0 Å². The minimum absolute atomic E-state index is 0.0111. The molecule has 0 atom stereocenters. The van der Waals surface area contributed by atoms with Crippen molar-refractivity contribution in [1.29, 1.82) is 10.5 Å². The van der Waals surface area contributed by atoms with E-state index in [1.54, 1.807) is 30.3 Å². The van der Waals surface area contributed by atoms with Gasteiger partial charge in [-0.1, -0.05) is 36.5 Å². The summed E-state index contributed by atoms with van der Waals surface area (Å²) < 4.78 is 5.52. The second-order valence-electron chi connectivity index (χ2n) is 7.71. The minimum Gasteiger partial charge on any atom is -0.490 e. The van der Waals surface area contributed by atoms with Crippen LogP contribution in [0.2, 0.25) is 0 Å². The second kappa shape index (κ2) is 12.4. The lowest BCUT2D eigenvalue weighted by Gasteiger charge is -2.21. The first-order valence-electron chi connectivity index (χ1n) is 11.5. The number of hydrogen-bond donors (Lipinski definition) is 1. The molecule has 0 unspecified atom stereocenters. The first-order valence-corrected chi connectivity index (χ1v) is 12.4. The highest BCUT2D eigenvalue weighted by molar-refractivity contribution is 8.00. The van der Waals surface area contributed by atoms with Crippen LogP contribution in [0.4, 0.5) is 11.5 Å². The maximum atomic E-state index is 12.9. The molecular weight excluding hydrogens is 470 g/mol. The monoisotopic (exact) mass is 497 g/mol. The van der Waals surface area contributed by atoms with Crippen LogP contribution in [0.3, 0.4) is 0 Å². The van der Waals surface area contributed by atoms with E-state index in [0.29, 0.717) is 34.1 Å². The number of carbonyl (C=O) groups excluding carboxylic acids is 1. The molecule has 2 aromatic carbocycles. The first kappa shape index (κ1) is 26.3. The third-order valence-corrected chi connectivity index (χ3v) is 6.56. The summed E-state index contributed by atoms with van der Waals surface area (Å²) in [7, 11) is 0. The normalized spacial score (nSPS) is 10.2. The molecule has 8 heteroatoms. The van der Waals surface area contributed by atoms with E-state index >= 15 is 0 Å². The van der Waals surface area contributed by atoms with Crippen LogP contribution in [0.1, 0.15) is 35.3 Å². The Hall–Kier alpha value is -4.27. The van der Waals surface area contributed by atoms with Gasteiger partial charge < -0.3 is 15.4 Å². The Morgan fingerprint density at radius 3 is 2.28 bits per heavy atom. The lowest BCUT2D eigenvalue weighted by molar-refractivity contribution is 0.102. The van der Waals surface area contributed by atoms with Crippen molar-refractivity contribution in [3.8, 4) is 29.0 Å². The number of carbonyl (C=O) groups is 1. The number of Topliss-reactive ketones (excluding diaryl/α,β-unsaturated/α-hetero) is 1. The average Bonchev–Trinajstić information content (AvgIpc) is 2.91. The van der Waals surface area contributed by atoms with Gasteiger partial charge in [-0.25, -0.2) is 4.98 Å². The Balaban J connectivity index is 1.89. The molecule has 7 nitrogen and oxygen atoms in total. The van der Waals surface area contributed by atoms with Crippen molar-refractivity contribution in [1.82, 2.24) is 4.98 Å². The Kier molecular flexibility index (Phi) is 9.10. The molecule has 36 heavy (non-hydrogen) atoms. The van der Waals surface area contributed by atoms with E-state index < -0.39 is 0 Å². The molecule has 1 aromatic heterocycles. The van der Waals surface area contributed by atoms with Gasteiger partial charge in [-0.15, -0.1) is 0 Å². The predicted molar refractivity (Wildman–Crippen MR) is 144 cm³/mol. The molecule has 3 rings (SSSR count). The molecule has 0 bridgehead atoms. The molecule has 0 radical (unpaired) electrons. The van der Waals surface area contributed by atoms with E-state index in [2.05, 4.69) is 42.4 Å². The lowest BCUT2D eigenvalue weighted by Crippen LogP contribution is -2.21. The van der Waals surface area contributed by atoms with E-state index in [1.807, 2.05) is 24.3 Å². The van der Waals surface area contributed by atoms with Gasteiger partial charge in [0.15, 0.2) is 5.78 Å². The zero-order valence-electron chi connectivity index (χ0n) is 20.3. The van der Waals surface area contributed by atoms with Gasteiger partial charge in [0.25, 0.3) is 0 Å². The van der Waals surface area contributed by atoms with Gasteiger partial charge in [0, 0.05) is 29.9 Å². The van der Waals surface area contributed by atoms with E-state index in [-0.39, 0.29) is 28.5 Å². The topological polar surface area (TPSA) is 116 Å². The zero-order chi connectivity index (χ0) is 26.1. The molecule has 0 amide bonds. The molecule has 0 fully saturated rings. The molecular formula is C28H27N5O2S. The summed E-state index contributed by atoms with van der Waals surface area (Å²) in [5.41, 5.74) is 9.07. The number of nitriles is 2. The number of pyridine rings is 1. The molecule has 0 aliphatic carbocycles. The molecule has 0 aliphatic heterocycles. The van der Waals surface area contributed by atoms with E-state index in [4.69, 9.17) is 10.5 Å². The first-order chi connectivity index (χ1) is 17.5. The third-order valence-electron chi connectivity index (χ3n) is 5.58. The zero-order valence-corrected chi connectivity index (χ0v) is 21.1. The van der Waals surface area contributed by atoms with Crippen molar-refractivity contribution in [3.05, 3.63) is 77.9 Å². The van der Waals surface area contributed by atoms with Gasteiger partial charge in [0.05, 0.1) is 11.3 Å². The number of nitrogen functional groups attached to an aromatic ring is 1. The number of aromatic nitrogens is 1. The highest BCUT2D eigenvalue weighted by Gasteiger charge is 2.21. The Morgan fingerprint density at radius 2 is 1.72 bits per heavy atom. The quantitative estimate of drug-likeness (QED) is 0.211. The minimum atomic E-state index is -0.0926. The number of thioether (sulfide) groups is 1. The van der Waals surface area contributed by atoms with Crippen LogP contribution in [0, 0.1) is 22.7 Å². The summed E-state index contributed by atoms with van der Waals surface area (Å²) in [6.45, 7) is 9.93. The summed E-state index contributed by atoms with van der Waals surface area (Å²) in [6.07, 6.45) is 1.64. The van der Waals surface area contributed by atoms with E-state index in [9.17, 15) is 15.3 Å². The maximum Gasteiger partial charge on any atom is 0.173 e. The molecule has 0 saturated heterocycles. The smallest absolute Gasteiger partial charge is 0.173 e. The van der Waals surface area contributed by atoms with E-state index in [1.165, 1.54) is 0 Å². The van der Waals surface area contributed by atoms with Crippen LogP contribution >= 0.6 is 11.8 Å². The summed E-state index contributed by atoms with van der Waals surface area (Å²) in [4.78, 5) is 19.4. The molecule has 0 aliphatic rings. The van der Waals surface area contributed by atoms with Crippen LogP contribution in [0.5, 0.6) is 5.75 Å². The highest BCUT2D eigenvalue weighted by Crippen LogP contribution is 2.36. The van der Waals surface area contributed by atoms with Crippen molar-refractivity contribution < 1.29 is 9.53 Å². The van der Waals surface area contributed by atoms with Gasteiger partial charge in [-0.3, -0.25) is 4.79 Å². The summed E-state index contributed by atoms with van der Waals surface area (Å²) in [6, 6.07) is 18.7. The number of hydrogen-bond acceptors (Lipinski definition) is 8. The summed E-state index contributed by atoms with van der Waals surface area (Å²) >= 11 is 1.13. The third kappa shape index (κ3) is 5.86. The summed E-state index contributed by atoms with van der Waals surface area (Å²) in [5.74, 6) is 0.623. The fraction of sp³-hybridized carbons (Fsp3) is 0.214. The number of ether oxygens (including phenoxy) is 1. The average molecular weight is 498 g/mol. The number of ketones is 1. The Labute approximate surface area is 215 Å². The number of nitrogens with two attached hydrogens (primary N) is 1. The van der Waals surface area contributed by atoms with Crippen molar-refractivity contribution >= 4 is 29.1 Å². The van der Waals surface area contributed by atoms with E-state index in [0.717, 1.165) is 30.5 Å². The lowest BCUT2D eigenvalue weighted by atomic mass is 9.97. The number of rotatable bonds is 11. The van der Waals surface area contributed by atoms with Crippen LogP contribution in [0.15, 0.2) is 66.2 Å². The molecule has 0 saturated carbocycles. The SMILES string of the molecule is C=CCOc1ccc(-c2c(C#N)c(N)nc(SCC(=O)c3ccc(N(CC)CC)cc3)c2C#N)cc1. The van der Waals surface area contributed by atoms with Crippen LogP contribution < -0.4 is 15.4 Å². The van der Waals surface area contributed by atoms with Crippen molar-refractivity contribution in [3.63, 3.8) is 0 Å². The standard InChI is InChI=1S/C28H27N5O2S/c1-4-15-35-22-13-9-20(10-14-22)26-23(16-29)27(31)32-28(24(26)17-30)36-18-25(34)19-7-11-21(12-8-19)33(5-2)6-3/h4,7-14H,1,5-6,15,18H2,2-3H3,(H2,31,32). The number of anilines is 2. The van der Waals surface area contributed by atoms with Crippen molar-refractivity contribution in [2.75, 3.05) is 36.1 Å². The van der Waals surface area contributed by atoms with Gasteiger partial charge in [0.1, 0.15) is 40.9 Å². The Morgan fingerprint density at radius 1 is 1.08 bits per heavy atom. The van der Waals surface area contributed by atoms with Crippen LogP contribution in [-0.2, 0) is 0 Å². The number of benzene rings is 2. The highest BCUT2D eigenvalue weighted by atomic mass is 32.2. The molecule has 182 valence electrons. The molecule has 0 spiro atoms. The van der Waals surface area contributed by atoms with Crippen LogP contribution in [-0.4, -0.2) is 36.2 Å². The van der Waals surface area contributed by atoms with Crippen LogP contribution in [0.25, 0.3) is 11.1 Å². The largest absolute Gasteiger partial charge is 0.490 e. The molecule has 1 heterocycles. The molecule has 2 N–H and O–H groups in total. The second-order valence-corrected chi connectivity index (χ2v) is 8.67. The molecule has 3 aromatic rings. The fourth-order valence-electron chi connectivity index (χ4n) is 3.73. The number of nitrogens with zero attached hydrogens (tertiary/aromatic N) is 4. The van der Waals surface area contributed by atoms with Gasteiger partial charge >= 0.3 is 0 Å². The maximum absolute atomic E-state index is 12.9. The van der Waals surface area contributed by atoms with Gasteiger partial charge in [0.2, 0.25) is 0 Å². The Bertz CT molecular complexity index is 1320.